The third kappa shape index (κ3) is 2.42. The molecule has 1 atom stereocenters. The molecule has 0 saturated heterocycles. The van der Waals surface area contributed by atoms with E-state index in [0.29, 0.717) is 35.2 Å². The number of aliphatic carboxylic acids is 1. The summed E-state index contributed by atoms with van der Waals surface area (Å²) in [6.07, 6.45) is 7.43. The van der Waals surface area contributed by atoms with Crippen molar-refractivity contribution in [1.29, 1.82) is 0 Å². The van der Waals surface area contributed by atoms with Crippen LogP contribution in [0.1, 0.15) is 35.2 Å². The fourth-order valence-electron chi connectivity index (χ4n) is 3.24. The van der Waals surface area contributed by atoms with E-state index in [1.165, 1.54) is 0 Å². The molecule has 1 unspecified atom stereocenters. The summed E-state index contributed by atoms with van der Waals surface area (Å²) in [6.45, 7) is 3.31. The third-order valence-electron chi connectivity index (χ3n) is 4.54. The Morgan fingerprint density at radius 3 is 2.74 bits per heavy atom. The van der Waals surface area contributed by atoms with Crippen molar-refractivity contribution in [3.8, 4) is 0 Å². The Bertz CT molecular complexity index is 802. The van der Waals surface area contributed by atoms with Crippen LogP contribution >= 0.6 is 0 Å². The summed E-state index contributed by atoms with van der Waals surface area (Å²) in [7, 11) is 0. The zero-order valence-electron chi connectivity index (χ0n) is 13.0. The SMILES string of the molecule is Cc1ccc(C2(C(=O)O)C=C(c3cnccn3)CC2)c(C)c1F. The van der Waals surface area contributed by atoms with Gasteiger partial charge in [0.1, 0.15) is 11.2 Å². The van der Waals surface area contributed by atoms with Crippen molar-refractivity contribution < 1.29 is 14.3 Å². The van der Waals surface area contributed by atoms with Gasteiger partial charge in [-0.1, -0.05) is 18.2 Å². The number of carbonyl (C=O) groups is 1. The molecule has 3 rings (SSSR count). The molecular formula is C18H17FN2O2. The van der Waals surface area contributed by atoms with Gasteiger partial charge in [-0.05, 0) is 49.0 Å². The molecule has 0 amide bonds. The number of aryl methyl sites for hydroxylation is 1. The van der Waals surface area contributed by atoms with Crippen LogP contribution in [0, 0.1) is 19.7 Å². The molecule has 23 heavy (non-hydrogen) atoms. The molecule has 0 fully saturated rings. The van der Waals surface area contributed by atoms with Gasteiger partial charge in [0.05, 0.1) is 11.9 Å². The molecule has 0 spiro atoms. The lowest BCUT2D eigenvalue weighted by molar-refractivity contribution is -0.141. The van der Waals surface area contributed by atoms with E-state index in [4.69, 9.17) is 0 Å². The van der Waals surface area contributed by atoms with E-state index in [1.807, 2.05) is 0 Å². The summed E-state index contributed by atoms with van der Waals surface area (Å²) in [5.41, 5.74) is 1.70. The molecule has 0 radical (unpaired) electrons. The number of rotatable bonds is 3. The molecule has 0 bridgehead atoms. The molecule has 118 valence electrons. The smallest absolute Gasteiger partial charge is 0.318 e. The molecule has 4 nitrogen and oxygen atoms in total. The largest absolute Gasteiger partial charge is 0.480 e. The first-order valence-corrected chi connectivity index (χ1v) is 7.43. The van der Waals surface area contributed by atoms with Gasteiger partial charge in [0.2, 0.25) is 0 Å². The lowest BCUT2D eigenvalue weighted by Crippen LogP contribution is -2.32. The van der Waals surface area contributed by atoms with Gasteiger partial charge in [-0.15, -0.1) is 0 Å². The number of hydrogen-bond donors (Lipinski definition) is 1. The van der Waals surface area contributed by atoms with Crippen LogP contribution in [0.4, 0.5) is 4.39 Å². The highest BCUT2D eigenvalue weighted by Crippen LogP contribution is 2.44. The Hall–Kier alpha value is -2.56. The standard InChI is InChI=1S/C18H17FN2O2/c1-11-3-4-14(12(2)16(11)19)18(17(22)23)6-5-13(9-18)15-10-20-7-8-21-15/h3-4,7-10H,5-6H2,1-2H3,(H,22,23). The molecule has 1 aromatic heterocycles. The van der Waals surface area contributed by atoms with Crippen molar-refractivity contribution in [2.75, 3.05) is 0 Å². The number of hydrogen-bond acceptors (Lipinski definition) is 3. The number of benzene rings is 1. The summed E-state index contributed by atoms with van der Waals surface area (Å²) in [5.74, 6) is -1.31. The van der Waals surface area contributed by atoms with Crippen LogP contribution in [0.15, 0.2) is 36.8 Å². The minimum atomic E-state index is -1.22. The first kappa shape index (κ1) is 15.3. The third-order valence-corrected chi connectivity index (χ3v) is 4.54. The predicted molar refractivity (Wildman–Crippen MR) is 84.4 cm³/mol. The number of carboxylic acid groups (broad SMARTS) is 1. The van der Waals surface area contributed by atoms with Gasteiger partial charge in [0.15, 0.2) is 0 Å². The molecular weight excluding hydrogens is 295 g/mol. The fourth-order valence-corrected chi connectivity index (χ4v) is 3.24. The fraction of sp³-hybridized carbons (Fsp3) is 0.278. The summed E-state index contributed by atoms with van der Waals surface area (Å²) < 4.78 is 14.3. The van der Waals surface area contributed by atoms with E-state index >= 15 is 0 Å². The molecule has 0 aliphatic heterocycles. The van der Waals surface area contributed by atoms with Crippen molar-refractivity contribution >= 4 is 11.5 Å². The number of halogens is 1. The Labute approximate surface area is 133 Å². The van der Waals surface area contributed by atoms with Crippen LogP contribution in [-0.2, 0) is 10.2 Å². The minimum absolute atomic E-state index is 0.343. The molecule has 1 heterocycles. The average Bonchev–Trinajstić information content (AvgIpc) is 3.00. The average molecular weight is 312 g/mol. The highest BCUT2D eigenvalue weighted by atomic mass is 19.1. The summed E-state index contributed by atoms with van der Waals surface area (Å²) >= 11 is 0. The predicted octanol–water partition coefficient (Wildman–Crippen LogP) is 3.43. The second-order valence-corrected chi connectivity index (χ2v) is 5.91. The Balaban J connectivity index is 2.15. The normalized spacial score (nSPS) is 20.4. The topological polar surface area (TPSA) is 63.1 Å². The first-order valence-electron chi connectivity index (χ1n) is 7.43. The van der Waals surface area contributed by atoms with E-state index in [1.54, 1.807) is 50.6 Å². The Morgan fingerprint density at radius 2 is 2.09 bits per heavy atom. The second-order valence-electron chi connectivity index (χ2n) is 5.91. The van der Waals surface area contributed by atoms with Crippen molar-refractivity contribution in [2.45, 2.75) is 32.1 Å². The Kier molecular flexibility index (Phi) is 3.72. The maximum Gasteiger partial charge on any atom is 0.318 e. The van der Waals surface area contributed by atoms with Crippen molar-refractivity contribution in [3.05, 3.63) is 65.0 Å². The molecule has 1 aromatic carbocycles. The quantitative estimate of drug-likeness (QED) is 0.943. The van der Waals surface area contributed by atoms with Gasteiger partial charge in [-0.3, -0.25) is 14.8 Å². The van der Waals surface area contributed by atoms with Crippen LogP contribution in [0.3, 0.4) is 0 Å². The maximum absolute atomic E-state index is 14.3. The second kappa shape index (κ2) is 5.57. The molecule has 1 N–H and O–H groups in total. The van der Waals surface area contributed by atoms with E-state index in [9.17, 15) is 14.3 Å². The zero-order chi connectivity index (χ0) is 16.6. The van der Waals surface area contributed by atoms with E-state index < -0.39 is 11.4 Å². The van der Waals surface area contributed by atoms with Crippen LogP contribution in [0.5, 0.6) is 0 Å². The highest BCUT2D eigenvalue weighted by molar-refractivity contribution is 5.89. The summed E-state index contributed by atoms with van der Waals surface area (Å²) in [5, 5.41) is 9.86. The number of nitrogens with zero attached hydrogens (tertiary/aromatic N) is 2. The monoisotopic (exact) mass is 312 g/mol. The highest BCUT2D eigenvalue weighted by Gasteiger charge is 2.44. The summed E-state index contributed by atoms with van der Waals surface area (Å²) in [4.78, 5) is 20.3. The lowest BCUT2D eigenvalue weighted by Gasteiger charge is -2.25. The van der Waals surface area contributed by atoms with E-state index in [0.717, 1.165) is 5.57 Å². The van der Waals surface area contributed by atoms with Gasteiger partial charge in [-0.2, -0.15) is 0 Å². The number of aromatic nitrogens is 2. The first-order chi connectivity index (χ1) is 11.0. The van der Waals surface area contributed by atoms with Gasteiger partial charge in [-0.25, -0.2) is 4.39 Å². The van der Waals surface area contributed by atoms with Crippen molar-refractivity contribution in [1.82, 2.24) is 9.97 Å². The molecule has 0 saturated carbocycles. The van der Waals surface area contributed by atoms with E-state index in [2.05, 4.69) is 9.97 Å². The zero-order valence-corrected chi connectivity index (χ0v) is 13.0. The molecule has 2 aromatic rings. The van der Waals surface area contributed by atoms with Crippen LogP contribution in [-0.4, -0.2) is 21.0 Å². The molecule has 1 aliphatic rings. The number of carboxylic acids is 1. The van der Waals surface area contributed by atoms with E-state index in [-0.39, 0.29) is 5.82 Å². The van der Waals surface area contributed by atoms with Gasteiger partial charge in [0, 0.05) is 12.4 Å². The van der Waals surface area contributed by atoms with Crippen molar-refractivity contribution in [3.63, 3.8) is 0 Å². The molecule has 5 heteroatoms. The van der Waals surface area contributed by atoms with Crippen LogP contribution in [0.2, 0.25) is 0 Å². The lowest BCUT2D eigenvalue weighted by atomic mass is 9.77. The van der Waals surface area contributed by atoms with Crippen molar-refractivity contribution in [2.24, 2.45) is 0 Å². The molecule has 1 aliphatic carbocycles. The Morgan fingerprint density at radius 1 is 1.30 bits per heavy atom. The minimum Gasteiger partial charge on any atom is -0.480 e. The van der Waals surface area contributed by atoms with Gasteiger partial charge < -0.3 is 5.11 Å². The van der Waals surface area contributed by atoms with Crippen LogP contribution < -0.4 is 0 Å². The van der Waals surface area contributed by atoms with Crippen LogP contribution in [0.25, 0.3) is 5.57 Å². The maximum atomic E-state index is 14.3. The van der Waals surface area contributed by atoms with Gasteiger partial charge in [0.25, 0.3) is 0 Å². The number of allylic oxidation sites excluding steroid dienone is 1. The summed E-state index contributed by atoms with van der Waals surface area (Å²) in [6, 6.07) is 3.36. The van der Waals surface area contributed by atoms with Gasteiger partial charge >= 0.3 is 5.97 Å².